The predicted molar refractivity (Wildman–Crippen MR) is 67.6 cm³/mol. The molecule has 1 rings (SSSR count). The van der Waals surface area contributed by atoms with Gasteiger partial charge in [0.05, 0.1) is 6.54 Å². The molecular formula is C11H22N2O2S. The van der Waals surface area contributed by atoms with Gasteiger partial charge in [-0.3, -0.25) is 4.79 Å². The van der Waals surface area contributed by atoms with E-state index in [0.29, 0.717) is 6.54 Å². The van der Waals surface area contributed by atoms with Crippen LogP contribution in [0.5, 0.6) is 0 Å². The molecule has 0 bridgehead atoms. The van der Waals surface area contributed by atoms with E-state index in [4.69, 9.17) is 5.11 Å². The van der Waals surface area contributed by atoms with Crippen LogP contribution in [-0.2, 0) is 4.79 Å². The molecule has 16 heavy (non-hydrogen) atoms. The van der Waals surface area contributed by atoms with E-state index in [1.165, 1.54) is 12.8 Å². The number of carbonyl (C=O) groups excluding carboxylic acids is 1. The van der Waals surface area contributed by atoms with Crippen LogP contribution in [0.1, 0.15) is 19.3 Å². The molecule has 0 aromatic rings. The van der Waals surface area contributed by atoms with Crippen molar-refractivity contribution in [3.63, 3.8) is 0 Å². The van der Waals surface area contributed by atoms with Crippen molar-refractivity contribution in [2.75, 3.05) is 37.7 Å². The standard InChI is InChI=1S/C11H22N2O2S/c14-5-1-6-16-7-4-12-9-11(15)13-8-10-2-3-10/h10,12,14H,1-9H2,(H,13,15). The average molecular weight is 246 g/mol. The summed E-state index contributed by atoms with van der Waals surface area (Å²) in [7, 11) is 0. The molecule has 5 heteroatoms. The van der Waals surface area contributed by atoms with Gasteiger partial charge in [0.2, 0.25) is 5.91 Å². The highest BCUT2D eigenvalue weighted by molar-refractivity contribution is 7.99. The van der Waals surface area contributed by atoms with Crippen LogP contribution in [0.15, 0.2) is 0 Å². The Hall–Kier alpha value is -0.260. The third-order valence-corrected chi connectivity index (χ3v) is 3.51. The fourth-order valence-electron chi connectivity index (χ4n) is 1.26. The monoisotopic (exact) mass is 246 g/mol. The van der Waals surface area contributed by atoms with Gasteiger partial charge in [-0.2, -0.15) is 11.8 Å². The van der Waals surface area contributed by atoms with Crippen LogP contribution in [0.3, 0.4) is 0 Å². The lowest BCUT2D eigenvalue weighted by Gasteiger charge is -2.05. The molecule has 3 N–H and O–H groups in total. The highest BCUT2D eigenvalue weighted by atomic mass is 32.2. The summed E-state index contributed by atoms with van der Waals surface area (Å²) in [5, 5.41) is 14.6. The second kappa shape index (κ2) is 8.84. The summed E-state index contributed by atoms with van der Waals surface area (Å²) in [5.74, 6) is 2.84. The SMILES string of the molecule is O=C(CNCCSCCCO)NCC1CC1. The van der Waals surface area contributed by atoms with Gasteiger partial charge in [0.15, 0.2) is 0 Å². The molecule has 0 aromatic carbocycles. The quantitative estimate of drug-likeness (QED) is 0.483. The van der Waals surface area contributed by atoms with Gasteiger partial charge in [-0.25, -0.2) is 0 Å². The molecule has 94 valence electrons. The summed E-state index contributed by atoms with van der Waals surface area (Å²) in [4.78, 5) is 11.3. The molecule has 0 spiro atoms. The fourth-order valence-corrected chi connectivity index (χ4v) is 2.08. The van der Waals surface area contributed by atoms with E-state index in [9.17, 15) is 4.79 Å². The van der Waals surface area contributed by atoms with Gasteiger partial charge in [0, 0.05) is 25.4 Å². The van der Waals surface area contributed by atoms with Crippen LogP contribution in [0.4, 0.5) is 0 Å². The first-order valence-electron chi connectivity index (χ1n) is 5.99. The van der Waals surface area contributed by atoms with Crippen LogP contribution >= 0.6 is 11.8 Å². The number of thioether (sulfide) groups is 1. The minimum Gasteiger partial charge on any atom is -0.396 e. The van der Waals surface area contributed by atoms with Crippen molar-refractivity contribution >= 4 is 17.7 Å². The predicted octanol–water partition coefficient (Wildman–Crippen LogP) is 0.218. The molecule has 1 aliphatic rings. The summed E-state index contributed by atoms with van der Waals surface area (Å²) in [6.07, 6.45) is 3.40. The number of hydrogen-bond acceptors (Lipinski definition) is 4. The Morgan fingerprint density at radius 3 is 2.88 bits per heavy atom. The number of hydrogen-bond donors (Lipinski definition) is 3. The van der Waals surface area contributed by atoms with E-state index in [2.05, 4.69) is 10.6 Å². The first kappa shape index (κ1) is 13.8. The van der Waals surface area contributed by atoms with Crippen molar-refractivity contribution in [2.45, 2.75) is 19.3 Å². The molecule has 0 aromatic heterocycles. The highest BCUT2D eigenvalue weighted by Gasteiger charge is 2.21. The van der Waals surface area contributed by atoms with Crippen molar-refractivity contribution in [2.24, 2.45) is 5.92 Å². The van der Waals surface area contributed by atoms with Gasteiger partial charge >= 0.3 is 0 Å². The summed E-state index contributed by atoms with van der Waals surface area (Å²) in [6, 6.07) is 0. The van der Waals surface area contributed by atoms with Crippen molar-refractivity contribution in [3.05, 3.63) is 0 Å². The average Bonchev–Trinajstić information content (AvgIpc) is 3.09. The van der Waals surface area contributed by atoms with E-state index < -0.39 is 0 Å². The summed E-state index contributed by atoms with van der Waals surface area (Å²) < 4.78 is 0. The van der Waals surface area contributed by atoms with Gasteiger partial charge < -0.3 is 15.7 Å². The third-order valence-electron chi connectivity index (χ3n) is 2.44. The Balaban J connectivity index is 1.76. The molecule has 0 unspecified atom stereocenters. The number of aliphatic hydroxyl groups excluding tert-OH is 1. The molecule has 0 heterocycles. The summed E-state index contributed by atoms with van der Waals surface area (Å²) in [6.45, 7) is 2.40. The Morgan fingerprint density at radius 2 is 2.19 bits per heavy atom. The molecule has 1 aliphatic carbocycles. The lowest BCUT2D eigenvalue weighted by molar-refractivity contribution is -0.120. The Kier molecular flexibility index (Phi) is 7.63. The van der Waals surface area contributed by atoms with E-state index in [1.807, 2.05) is 0 Å². The van der Waals surface area contributed by atoms with Gasteiger partial charge in [-0.15, -0.1) is 0 Å². The van der Waals surface area contributed by atoms with Crippen LogP contribution < -0.4 is 10.6 Å². The van der Waals surface area contributed by atoms with Crippen LogP contribution in [0.2, 0.25) is 0 Å². The number of carbonyl (C=O) groups is 1. The largest absolute Gasteiger partial charge is 0.396 e. The molecule has 4 nitrogen and oxygen atoms in total. The summed E-state index contributed by atoms with van der Waals surface area (Å²) >= 11 is 1.80. The van der Waals surface area contributed by atoms with E-state index in [-0.39, 0.29) is 12.5 Å². The number of rotatable bonds is 10. The fraction of sp³-hybridized carbons (Fsp3) is 0.909. The number of aliphatic hydroxyl groups is 1. The smallest absolute Gasteiger partial charge is 0.233 e. The second-order valence-corrected chi connectivity index (χ2v) is 5.34. The Morgan fingerprint density at radius 1 is 1.38 bits per heavy atom. The minimum atomic E-state index is 0.104. The first-order valence-corrected chi connectivity index (χ1v) is 7.14. The van der Waals surface area contributed by atoms with Crippen molar-refractivity contribution in [1.29, 1.82) is 0 Å². The lowest BCUT2D eigenvalue weighted by Crippen LogP contribution is -2.35. The van der Waals surface area contributed by atoms with E-state index in [0.717, 1.165) is 36.9 Å². The molecule has 1 fully saturated rings. The molecule has 1 saturated carbocycles. The summed E-state index contributed by atoms with van der Waals surface area (Å²) in [5.41, 5.74) is 0. The molecule has 1 amide bonds. The zero-order chi connectivity index (χ0) is 11.6. The third kappa shape index (κ3) is 7.96. The zero-order valence-electron chi connectivity index (χ0n) is 9.71. The van der Waals surface area contributed by atoms with Crippen LogP contribution in [0, 0.1) is 5.92 Å². The van der Waals surface area contributed by atoms with E-state index in [1.54, 1.807) is 11.8 Å². The number of nitrogens with one attached hydrogen (secondary N) is 2. The Labute approximate surface area is 102 Å². The van der Waals surface area contributed by atoms with Gasteiger partial charge in [0.1, 0.15) is 0 Å². The molecule has 0 aliphatic heterocycles. The topological polar surface area (TPSA) is 61.4 Å². The van der Waals surface area contributed by atoms with Gasteiger partial charge in [0.25, 0.3) is 0 Å². The van der Waals surface area contributed by atoms with Crippen LogP contribution in [0.25, 0.3) is 0 Å². The van der Waals surface area contributed by atoms with Crippen molar-refractivity contribution < 1.29 is 9.90 Å². The van der Waals surface area contributed by atoms with Crippen LogP contribution in [-0.4, -0.2) is 48.8 Å². The molecule has 0 saturated heterocycles. The second-order valence-electron chi connectivity index (χ2n) is 4.11. The maximum absolute atomic E-state index is 11.3. The van der Waals surface area contributed by atoms with Crippen molar-refractivity contribution in [1.82, 2.24) is 10.6 Å². The Bertz CT molecular complexity index is 198. The maximum atomic E-state index is 11.3. The van der Waals surface area contributed by atoms with Gasteiger partial charge in [-0.1, -0.05) is 0 Å². The minimum absolute atomic E-state index is 0.104. The van der Waals surface area contributed by atoms with Crippen molar-refractivity contribution in [3.8, 4) is 0 Å². The van der Waals surface area contributed by atoms with E-state index >= 15 is 0 Å². The zero-order valence-corrected chi connectivity index (χ0v) is 10.5. The molecular weight excluding hydrogens is 224 g/mol. The first-order chi connectivity index (χ1) is 7.83. The van der Waals surface area contributed by atoms with Gasteiger partial charge in [-0.05, 0) is 30.9 Å². The molecule has 0 atom stereocenters. The number of amides is 1. The lowest BCUT2D eigenvalue weighted by atomic mass is 10.4. The highest BCUT2D eigenvalue weighted by Crippen LogP contribution is 2.27. The normalized spacial score (nSPS) is 15.1. The maximum Gasteiger partial charge on any atom is 0.233 e. The molecule has 0 radical (unpaired) electrons.